The fourth-order valence-corrected chi connectivity index (χ4v) is 10.6. The van der Waals surface area contributed by atoms with E-state index in [-0.39, 0.29) is 5.92 Å². The molecule has 5 aromatic carbocycles. The van der Waals surface area contributed by atoms with Crippen LogP contribution in [0.3, 0.4) is 0 Å². The standard InChI is InChI=1S/C55H38N4/c1-3-15-36-34(13-1)29-47(40-19-7-5-17-38(36)40)52-44-23-11-12-24-49(44)56-54(58-52)33-27-25-32(26-28-33)51-50-46-31-45(46)42-21-9-10-22-43(42)53(50)59-55(57-51)48-30-35-14-2-4-16-37(35)39-18-6-8-20-41(39)48/h1-10,12-22,24-30,36,38,45-46H,11,23,31H2. The van der Waals surface area contributed by atoms with Gasteiger partial charge in [-0.15, -0.1) is 0 Å². The molecule has 6 aliphatic rings. The summed E-state index contributed by atoms with van der Waals surface area (Å²) in [4.78, 5) is 21.7. The first-order valence-corrected chi connectivity index (χ1v) is 21.0. The third kappa shape index (κ3) is 5.09. The second-order valence-corrected chi connectivity index (χ2v) is 16.7. The van der Waals surface area contributed by atoms with E-state index in [0.717, 1.165) is 75.8 Å². The summed E-state index contributed by atoms with van der Waals surface area (Å²) in [7, 11) is 0. The first-order valence-electron chi connectivity index (χ1n) is 21.0. The van der Waals surface area contributed by atoms with E-state index < -0.39 is 0 Å². The van der Waals surface area contributed by atoms with Crippen molar-refractivity contribution in [3.8, 4) is 45.3 Å². The molecule has 4 heteroatoms. The normalized spacial score (nSPS) is 21.4. The van der Waals surface area contributed by atoms with Crippen LogP contribution in [-0.2, 0) is 6.42 Å². The van der Waals surface area contributed by atoms with Gasteiger partial charge in [-0.1, -0.05) is 152 Å². The van der Waals surface area contributed by atoms with Crippen LogP contribution in [0.4, 0.5) is 0 Å². The van der Waals surface area contributed by atoms with Crippen molar-refractivity contribution in [3.05, 3.63) is 203 Å². The molecule has 4 nitrogen and oxygen atoms in total. The summed E-state index contributed by atoms with van der Waals surface area (Å²) in [6.45, 7) is 0. The fourth-order valence-electron chi connectivity index (χ4n) is 10.6. The number of benzene rings is 5. The Morgan fingerprint density at radius 1 is 0.542 bits per heavy atom. The van der Waals surface area contributed by atoms with Gasteiger partial charge >= 0.3 is 0 Å². The van der Waals surface area contributed by atoms with Gasteiger partial charge in [0.2, 0.25) is 0 Å². The first kappa shape index (κ1) is 33.0. The highest BCUT2D eigenvalue weighted by Gasteiger charge is 2.48. The predicted octanol–water partition coefficient (Wildman–Crippen LogP) is 13.0. The van der Waals surface area contributed by atoms with Gasteiger partial charge in [0, 0.05) is 50.8 Å². The Morgan fingerprint density at radius 2 is 1.29 bits per heavy atom. The van der Waals surface area contributed by atoms with Gasteiger partial charge in [0.15, 0.2) is 11.6 Å². The largest absolute Gasteiger partial charge is 0.228 e. The maximum Gasteiger partial charge on any atom is 0.161 e. The van der Waals surface area contributed by atoms with Crippen LogP contribution in [0, 0.1) is 11.8 Å². The monoisotopic (exact) mass is 754 g/mol. The average Bonchev–Trinajstić information content (AvgIpc) is 4.12. The van der Waals surface area contributed by atoms with Crippen molar-refractivity contribution in [1.82, 2.24) is 19.9 Å². The Bertz CT molecular complexity index is 3210. The number of nitrogens with zero attached hydrogens (tertiary/aromatic N) is 4. The summed E-state index contributed by atoms with van der Waals surface area (Å²) < 4.78 is 0. The van der Waals surface area contributed by atoms with Crippen molar-refractivity contribution in [2.75, 3.05) is 0 Å². The quantitative estimate of drug-likeness (QED) is 0.168. The number of hydrogen-bond acceptors (Lipinski definition) is 4. The molecule has 0 aliphatic heterocycles. The molecular formula is C55H38N4. The van der Waals surface area contributed by atoms with Crippen LogP contribution in [-0.4, -0.2) is 19.9 Å². The van der Waals surface area contributed by atoms with E-state index in [1.165, 1.54) is 55.1 Å². The van der Waals surface area contributed by atoms with Crippen LogP contribution in [0.2, 0.25) is 0 Å². The van der Waals surface area contributed by atoms with Crippen LogP contribution in [0.25, 0.3) is 78.5 Å². The minimum Gasteiger partial charge on any atom is -0.228 e. The van der Waals surface area contributed by atoms with E-state index in [1.54, 1.807) is 0 Å². The number of hydrogen-bond donors (Lipinski definition) is 0. The summed E-state index contributed by atoms with van der Waals surface area (Å²) in [6.07, 6.45) is 27.8. The van der Waals surface area contributed by atoms with Gasteiger partial charge < -0.3 is 0 Å². The molecule has 2 aromatic heterocycles. The molecule has 1 saturated carbocycles. The van der Waals surface area contributed by atoms with E-state index in [9.17, 15) is 0 Å². The summed E-state index contributed by atoms with van der Waals surface area (Å²) >= 11 is 0. The SMILES string of the molecule is C1=CC2=CC(c3nc(-c4ccc(-c5nc(-c6cc7ccccc7c7ccccc67)nc6c5C5CC5c5ccccc5-6)cc4)nc4c3CCC=C4)=C3C=CC=CC3C2C=C1. The van der Waals surface area contributed by atoms with Gasteiger partial charge in [0.05, 0.1) is 22.8 Å². The van der Waals surface area contributed by atoms with Crippen LogP contribution in [0.15, 0.2) is 175 Å². The highest BCUT2D eigenvalue weighted by Crippen LogP contribution is 2.63. The Hall–Kier alpha value is -7.04. The molecule has 13 rings (SSSR count). The van der Waals surface area contributed by atoms with Crippen molar-refractivity contribution in [1.29, 1.82) is 0 Å². The lowest BCUT2D eigenvalue weighted by atomic mass is 9.70. The number of aromatic nitrogens is 4. The van der Waals surface area contributed by atoms with E-state index in [2.05, 4.69) is 170 Å². The molecule has 0 amide bonds. The Labute approximate surface area is 343 Å². The van der Waals surface area contributed by atoms with E-state index >= 15 is 0 Å². The number of rotatable bonds is 4. The van der Waals surface area contributed by atoms with Crippen molar-refractivity contribution in [3.63, 3.8) is 0 Å². The van der Waals surface area contributed by atoms with Gasteiger partial charge in [0.1, 0.15) is 0 Å². The second kappa shape index (κ2) is 12.7. The highest BCUT2D eigenvalue weighted by atomic mass is 14.9. The second-order valence-electron chi connectivity index (χ2n) is 16.7. The topological polar surface area (TPSA) is 51.6 Å². The molecule has 6 aliphatic carbocycles. The maximum atomic E-state index is 5.55. The molecule has 278 valence electrons. The van der Waals surface area contributed by atoms with Crippen molar-refractivity contribution in [2.45, 2.75) is 31.1 Å². The Kier molecular flexibility index (Phi) is 7.12. The summed E-state index contributed by atoms with van der Waals surface area (Å²) in [6, 6.07) is 37.3. The zero-order chi connectivity index (χ0) is 38.6. The smallest absolute Gasteiger partial charge is 0.161 e. The van der Waals surface area contributed by atoms with Gasteiger partial charge in [-0.25, -0.2) is 19.9 Å². The lowest BCUT2D eigenvalue weighted by molar-refractivity contribution is 0.617. The first-order chi connectivity index (χ1) is 29.2. The minimum absolute atomic E-state index is 0.290. The minimum atomic E-state index is 0.290. The lowest BCUT2D eigenvalue weighted by Crippen LogP contribution is -2.22. The van der Waals surface area contributed by atoms with E-state index in [0.29, 0.717) is 17.8 Å². The van der Waals surface area contributed by atoms with Gasteiger partial charge in [-0.3, -0.25) is 0 Å². The van der Waals surface area contributed by atoms with Crippen LogP contribution in [0.5, 0.6) is 0 Å². The molecule has 0 N–H and O–H groups in total. The number of fused-ring (bicyclic) bond motifs is 13. The van der Waals surface area contributed by atoms with E-state index in [1.807, 2.05) is 0 Å². The number of allylic oxidation sites excluding steroid dienone is 13. The highest BCUT2D eigenvalue weighted by molar-refractivity contribution is 6.13. The molecule has 0 spiro atoms. The van der Waals surface area contributed by atoms with Gasteiger partial charge in [-0.2, -0.15) is 0 Å². The molecule has 0 bridgehead atoms. The zero-order valence-electron chi connectivity index (χ0n) is 32.4. The fraction of sp³-hybridized carbons (Fsp3) is 0.127. The molecule has 4 unspecified atom stereocenters. The average molecular weight is 755 g/mol. The third-order valence-corrected chi connectivity index (χ3v) is 13.5. The van der Waals surface area contributed by atoms with Crippen molar-refractivity contribution < 1.29 is 0 Å². The van der Waals surface area contributed by atoms with Crippen LogP contribution >= 0.6 is 0 Å². The molecule has 0 radical (unpaired) electrons. The summed E-state index contributed by atoms with van der Waals surface area (Å²) in [5.41, 5.74) is 16.4. The van der Waals surface area contributed by atoms with Crippen molar-refractivity contribution >= 4 is 33.2 Å². The third-order valence-electron chi connectivity index (χ3n) is 13.5. The molecule has 2 heterocycles. The molecule has 4 atom stereocenters. The van der Waals surface area contributed by atoms with E-state index in [4.69, 9.17) is 19.9 Å². The summed E-state index contributed by atoms with van der Waals surface area (Å²) in [5.74, 6) is 3.07. The van der Waals surface area contributed by atoms with Crippen molar-refractivity contribution in [2.24, 2.45) is 11.8 Å². The molecule has 1 fully saturated rings. The van der Waals surface area contributed by atoms with Crippen LogP contribution < -0.4 is 0 Å². The predicted molar refractivity (Wildman–Crippen MR) is 240 cm³/mol. The lowest BCUT2D eigenvalue weighted by Gasteiger charge is -2.33. The molecule has 0 saturated heterocycles. The van der Waals surface area contributed by atoms with Gasteiger partial charge in [-0.05, 0) is 87.6 Å². The molecule has 7 aromatic rings. The summed E-state index contributed by atoms with van der Waals surface area (Å²) in [5, 5.41) is 4.81. The van der Waals surface area contributed by atoms with Crippen LogP contribution in [0.1, 0.15) is 52.8 Å². The molecular weight excluding hydrogens is 717 g/mol. The Morgan fingerprint density at radius 3 is 2.20 bits per heavy atom. The maximum absolute atomic E-state index is 5.55. The van der Waals surface area contributed by atoms with Gasteiger partial charge in [0.25, 0.3) is 0 Å². The molecule has 59 heavy (non-hydrogen) atoms. The zero-order valence-corrected chi connectivity index (χ0v) is 32.4. The Balaban J connectivity index is 0.974.